The van der Waals surface area contributed by atoms with Crippen LogP contribution in [-0.4, -0.2) is 39.8 Å². The second-order valence-corrected chi connectivity index (χ2v) is 3.80. The maximum Gasteiger partial charge on any atom is 0.191 e. The highest BCUT2D eigenvalue weighted by Crippen LogP contribution is 2.03. The lowest BCUT2D eigenvalue weighted by Crippen LogP contribution is -2.39. The van der Waals surface area contributed by atoms with Gasteiger partial charge in [0.15, 0.2) is 5.96 Å². The first-order chi connectivity index (χ1) is 8.76. The van der Waals surface area contributed by atoms with Crippen molar-refractivity contribution in [2.45, 2.75) is 6.42 Å². The molecule has 4 nitrogen and oxygen atoms in total. The minimum Gasteiger partial charge on any atom is -0.383 e. The molecule has 0 fully saturated rings. The average Bonchev–Trinajstić information content (AvgIpc) is 2.37. The van der Waals surface area contributed by atoms with Gasteiger partial charge in [-0.1, -0.05) is 12.1 Å². The van der Waals surface area contributed by atoms with Gasteiger partial charge in [0, 0.05) is 27.2 Å². The molecule has 0 amide bonds. The second-order valence-electron chi connectivity index (χ2n) is 3.80. The minimum absolute atomic E-state index is 0.199. The van der Waals surface area contributed by atoms with Gasteiger partial charge in [-0.3, -0.25) is 4.99 Å². The van der Waals surface area contributed by atoms with Crippen LogP contribution in [0.1, 0.15) is 5.56 Å². The van der Waals surface area contributed by atoms with Crippen LogP contribution >= 0.6 is 0 Å². The fourth-order valence-corrected chi connectivity index (χ4v) is 1.51. The van der Waals surface area contributed by atoms with E-state index in [4.69, 9.17) is 4.74 Å². The summed E-state index contributed by atoms with van der Waals surface area (Å²) < 4.78 is 17.9. The van der Waals surface area contributed by atoms with E-state index in [2.05, 4.69) is 15.6 Å². The van der Waals surface area contributed by atoms with Crippen LogP contribution in [0.4, 0.5) is 4.39 Å². The molecule has 0 radical (unpaired) electrons. The molecule has 0 saturated carbocycles. The van der Waals surface area contributed by atoms with E-state index in [1.807, 2.05) is 6.07 Å². The third kappa shape index (κ3) is 5.63. The quantitative estimate of drug-likeness (QED) is 0.454. The van der Waals surface area contributed by atoms with Gasteiger partial charge in [0.2, 0.25) is 0 Å². The van der Waals surface area contributed by atoms with Crippen molar-refractivity contribution in [1.82, 2.24) is 10.6 Å². The number of ether oxygens (including phenoxy) is 1. The molecular formula is C13H20FN3O. The Morgan fingerprint density at radius 2 is 2.11 bits per heavy atom. The van der Waals surface area contributed by atoms with Crippen LogP contribution in [-0.2, 0) is 11.2 Å². The van der Waals surface area contributed by atoms with E-state index in [-0.39, 0.29) is 5.82 Å². The Labute approximate surface area is 107 Å². The summed E-state index contributed by atoms with van der Waals surface area (Å²) in [5.41, 5.74) is 0.967. The number of nitrogens with one attached hydrogen (secondary N) is 2. The van der Waals surface area contributed by atoms with Gasteiger partial charge in [0.1, 0.15) is 5.82 Å². The van der Waals surface area contributed by atoms with Crippen molar-refractivity contribution in [3.8, 4) is 0 Å². The molecule has 1 aromatic rings. The summed E-state index contributed by atoms with van der Waals surface area (Å²) in [5, 5.41) is 6.26. The van der Waals surface area contributed by atoms with Gasteiger partial charge in [-0.05, 0) is 24.1 Å². The third-order valence-electron chi connectivity index (χ3n) is 2.42. The Morgan fingerprint density at radius 3 is 2.78 bits per heavy atom. The highest BCUT2D eigenvalue weighted by atomic mass is 19.1. The van der Waals surface area contributed by atoms with Crippen LogP contribution < -0.4 is 10.6 Å². The van der Waals surface area contributed by atoms with Gasteiger partial charge < -0.3 is 15.4 Å². The highest BCUT2D eigenvalue weighted by molar-refractivity contribution is 5.79. The van der Waals surface area contributed by atoms with Crippen molar-refractivity contribution in [2.75, 3.05) is 33.9 Å². The number of hydrogen-bond donors (Lipinski definition) is 2. The smallest absolute Gasteiger partial charge is 0.191 e. The van der Waals surface area contributed by atoms with Crippen LogP contribution in [0.25, 0.3) is 0 Å². The number of hydrogen-bond acceptors (Lipinski definition) is 2. The molecule has 0 saturated heterocycles. The molecule has 0 aliphatic heterocycles. The lowest BCUT2D eigenvalue weighted by molar-refractivity contribution is 0.203. The van der Waals surface area contributed by atoms with Crippen molar-refractivity contribution in [2.24, 2.45) is 4.99 Å². The van der Waals surface area contributed by atoms with E-state index in [0.29, 0.717) is 19.7 Å². The van der Waals surface area contributed by atoms with Gasteiger partial charge in [0.25, 0.3) is 0 Å². The Hall–Kier alpha value is -1.62. The van der Waals surface area contributed by atoms with E-state index in [0.717, 1.165) is 17.9 Å². The van der Waals surface area contributed by atoms with Crippen LogP contribution in [0.3, 0.4) is 0 Å². The Balaban J connectivity index is 2.27. The first-order valence-corrected chi connectivity index (χ1v) is 5.94. The largest absolute Gasteiger partial charge is 0.383 e. The predicted molar refractivity (Wildman–Crippen MR) is 71.3 cm³/mol. The van der Waals surface area contributed by atoms with E-state index < -0.39 is 0 Å². The number of halogens is 1. The normalized spacial score (nSPS) is 11.4. The van der Waals surface area contributed by atoms with Crippen molar-refractivity contribution >= 4 is 5.96 Å². The fraction of sp³-hybridized carbons (Fsp3) is 0.462. The molecule has 18 heavy (non-hydrogen) atoms. The fourth-order valence-electron chi connectivity index (χ4n) is 1.51. The number of rotatable bonds is 6. The summed E-state index contributed by atoms with van der Waals surface area (Å²) in [5.74, 6) is 0.526. The molecule has 0 heterocycles. The monoisotopic (exact) mass is 253 g/mol. The molecule has 0 spiro atoms. The maximum atomic E-state index is 13.0. The van der Waals surface area contributed by atoms with Crippen molar-refractivity contribution in [3.63, 3.8) is 0 Å². The first-order valence-electron chi connectivity index (χ1n) is 5.94. The van der Waals surface area contributed by atoms with Crippen LogP contribution in [0.5, 0.6) is 0 Å². The van der Waals surface area contributed by atoms with Crippen molar-refractivity contribution < 1.29 is 9.13 Å². The number of guanidine groups is 1. The number of aliphatic imine (C=N–C) groups is 1. The Bertz CT molecular complexity index is 382. The number of methoxy groups -OCH3 is 1. The highest BCUT2D eigenvalue weighted by Gasteiger charge is 1.98. The maximum absolute atomic E-state index is 13.0. The van der Waals surface area contributed by atoms with E-state index in [1.165, 1.54) is 6.07 Å². The Morgan fingerprint density at radius 1 is 1.33 bits per heavy atom. The van der Waals surface area contributed by atoms with Crippen LogP contribution in [0.15, 0.2) is 29.3 Å². The molecule has 1 rings (SSSR count). The topological polar surface area (TPSA) is 45.7 Å². The van der Waals surface area contributed by atoms with Gasteiger partial charge in [0.05, 0.1) is 6.61 Å². The van der Waals surface area contributed by atoms with Crippen LogP contribution in [0, 0.1) is 5.82 Å². The Kier molecular flexibility index (Phi) is 6.79. The summed E-state index contributed by atoms with van der Waals surface area (Å²) in [6, 6.07) is 6.62. The zero-order valence-electron chi connectivity index (χ0n) is 10.9. The van der Waals surface area contributed by atoms with E-state index in [1.54, 1.807) is 26.3 Å². The molecule has 0 aliphatic rings. The zero-order chi connectivity index (χ0) is 13.2. The standard InChI is InChI=1S/C13H20FN3O/c1-15-13(17-8-9-18-2)16-7-6-11-4-3-5-12(14)10-11/h3-5,10H,6-9H2,1-2H3,(H2,15,16,17). The third-order valence-corrected chi connectivity index (χ3v) is 2.42. The summed E-state index contributed by atoms with van der Waals surface area (Å²) >= 11 is 0. The molecule has 0 aromatic heterocycles. The van der Waals surface area contributed by atoms with Gasteiger partial charge in [-0.25, -0.2) is 4.39 Å². The van der Waals surface area contributed by atoms with E-state index >= 15 is 0 Å². The number of benzene rings is 1. The second kappa shape index (κ2) is 8.47. The number of nitrogens with zero attached hydrogens (tertiary/aromatic N) is 1. The van der Waals surface area contributed by atoms with Crippen molar-refractivity contribution in [1.29, 1.82) is 0 Å². The molecular weight excluding hydrogens is 233 g/mol. The van der Waals surface area contributed by atoms with Gasteiger partial charge in [-0.2, -0.15) is 0 Å². The van der Waals surface area contributed by atoms with Gasteiger partial charge >= 0.3 is 0 Å². The molecule has 1 aromatic carbocycles. The minimum atomic E-state index is -0.199. The zero-order valence-corrected chi connectivity index (χ0v) is 10.9. The molecule has 0 bridgehead atoms. The summed E-state index contributed by atoms with van der Waals surface area (Å²) in [7, 11) is 3.37. The lowest BCUT2D eigenvalue weighted by atomic mass is 10.1. The predicted octanol–water partition coefficient (Wildman–Crippen LogP) is 1.18. The lowest BCUT2D eigenvalue weighted by Gasteiger charge is -2.11. The molecule has 5 heteroatoms. The molecule has 0 atom stereocenters. The summed E-state index contributed by atoms with van der Waals surface area (Å²) in [6.07, 6.45) is 0.753. The molecule has 0 aliphatic carbocycles. The SMILES string of the molecule is CN=C(NCCOC)NCCc1cccc(F)c1. The molecule has 0 unspecified atom stereocenters. The molecule has 2 N–H and O–H groups in total. The molecule has 100 valence electrons. The van der Waals surface area contributed by atoms with Crippen LogP contribution in [0.2, 0.25) is 0 Å². The summed E-state index contributed by atoms with van der Waals surface area (Å²) in [4.78, 5) is 4.07. The van der Waals surface area contributed by atoms with Crippen molar-refractivity contribution in [3.05, 3.63) is 35.6 Å². The summed E-state index contributed by atoms with van der Waals surface area (Å²) in [6.45, 7) is 2.04. The average molecular weight is 253 g/mol. The van der Waals surface area contributed by atoms with Gasteiger partial charge in [-0.15, -0.1) is 0 Å². The van der Waals surface area contributed by atoms with E-state index in [9.17, 15) is 4.39 Å². The first kappa shape index (κ1) is 14.4.